The van der Waals surface area contributed by atoms with Gasteiger partial charge < -0.3 is 19.1 Å². The van der Waals surface area contributed by atoms with Crippen molar-refractivity contribution in [3.8, 4) is 11.5 Å². The molecule has 6 heteroatoms. The molecule has 0 bridgehead atoms. The van der Waals surface area contributed by atoms with Crippen LogP contribution in [0.5, 0.6) is 11.5 Å². The molecule has 0 saturated carbocycles. The Morgan fingerprint density at radius 1 is 0.966 bits per heavy atom. The van der Waals surface area contributed by atoms with E-state index in [-0.39, 0.29) is 18.9 Å². The van der Waals surface area contributed by atoms with Gasteiger partial charge in [0.15, 0.2) is 18.1 Å². The standard InChI is InChI=1S/C23H29NO5/c1-5-17-9-11-18(12-10-17)15-24(2)21(25)16-29-22(26)14-13-19-7-6-8-20(27-3)23(19)28-4/h6-12H,5,13-16H2,1-4H3. The SMILES string of the molecule is CCc1ccc(CN(C)C(=O)COC(=O)CCc2cccc(OC)c2OC)cc1. The number of ether oxygens (including phenoxy) is 3. The Labute approximate surface area is 172 Å². The molecule has 29 heavy (non-hydrogen) atoms. The normalized spacial score (nSPS) is 10.3. The van der Waals surface area contributed by atoms with Crippen molar-refractivity contribution in [2.24, 2.45) is 0 Å². The summed E-state index contributed by atoms with van der Waals surface area (Å²) in [7, 11) is 4.82. The maximum absolute atomic E-state index is 12.2. The molecular formula is C23H29NO5. The summed E-state index contributed by atoms with van der Waals surface area (Å²) >= 11 is 0. The monoisotopic (exact) mass is 399 g/mol. The molecule has 0 radical (unpaired) electrons. The minimum Gasteiger partial charge on any atom is -0.493 e. The molecule has 1 amide bonds. The van der Waals surface area contributed by atoms with Crippen LogP contribution < -0.4 is 9.47 Å². The quantitative estimate of drug-likeness (QED) is 0.573. The lowest BCUT2D eigenvalue weighted by Crippen LogP contribution is -2.30. The molecular weight excluding hydrogens is 370 g/mol. The number of carbonyl (C=O) groups is 2. The molecule has 156 valence electrons. The van der Waals surface area contributed by atoms with Crippen LogP contribution in [-0.4, -0.2) is 44.7 Å². The van der Waals surface area contributed by atoms with Crippen LogP contribution in [-0.2, 0) is 33.7 Å². The summed E-state index contributed by atoms with van der Waals surface area (Å²) in [6, 6.07) is 13.6. The van der Waals surface area contributed by atoms with E-state index in [0.29, 0.717) is 24.5 Å². The number of carbonyl (C=O) groups excluding carboxylic acids is 2. The van der Waals surface area contributed by atoms with Crippen LogP contribution in [0.2, 0.25) is 0 Å². The van der Waals surface area contributed by atoms with E-state index in [1.54, 1.807) is 32.2 Å². The van der Waals surface area contributed by atoms with Crippen LogP contribution >= 0.6 is 0 Å². The molecule has 6 nitrogen and oxygen atoms in total. The van der Waals surface area contributed by atoms with Gasteiger partial charge in [-0.3, -0.25) is 9.59 Å². The third-order valence-electron chi connectivity index (χ3n) is 4.72. The molecule has 0 aliphatic rings. The molecule has 0 N–H and O–H groups in total. The Balaban J connectivity index is 1.80. The highest BCUT2D eigenvalue weighted by atomic mass is 16.5. The summed E-state index contributed by atoms with van der Waals surface area (Å²) < 4.78 is 15.8. The Hall–Kier alpha value is -3.02. The molecule has 0 aliphatic heterocycles. The first-order valence-electron chi connectivity index (χ1n) is 9.65. The zero-order chi connectivity index (χ0) is 21.2. The summed E-state index contributed by atoms with van der Waals surface area (Å²) in [4.78, 5) is 25.9. The first-order valence-corrected chi connectivity index (χ1v) is 9.65. The van der Waals surface area contributed by atoms with Crippen LogP contribution in [0, 0.1) is 0 Å². The number of esters is 1. The Morgan fingerprint density at radius 2 is 1.66 bits per heavy atom. The second-order valence-corrected chi connectivity index (χ2v) is 6.73. The average Bonchev–Trinajstić information content (AvgIpc) is 2.75. The van der Waals surface area contributed by atoms with Gasteiger partial charge >= 0.3 is 5.97 Å². The second kappa shape index (κ2) is 11.1. The summed E-state index contributed by atoms with van der Waals surface area (Å²) in [5.41, 5.74) is 3.14. The zero-order valence-electron chi connectivity index (χ0n) is 17.6. The second-order valence-electron chi connectivity index (χ2n) is 6.73. The number of likely N-dealkylation sites (N-methyl/N-ethyl adjacent to an activating group) is 1. The fourth-order valence-corrected chi connectivity index (χ4v) is 2.95. The Bertz CT molecular complexity index is 817. The minimum atomic E-state index is -0.427. The van der Waals surface area contributed by atoms with Crippen LogP contribution in [0.25, 0.3) is 0 Å². The maximum atomic E-state index is 12.2. The molecule has 2 aromatic carbocycles. The molecule has 0 atom stereocenters. The Kier molecular flexibility index (Phi) is 8.52. The summed E-state index contributed by atoms with van der Waals surface area (Å²) in [6.07, 6.45) is 1.57. The van der Waals surface area contributed by atoms with Crippen molar-refractivity contribution in [1.82, 2.24) is 4.90 Å². The van der Waals surface area contributed by atoms with Crippen molar-refractivity contribution in [2.75, 3.05) is 27.9 Å². The van der Waals surface area contributed by atoms with Crippen LogP contribution in [0.3, 0.4) is 0 Å². The Morgan fingerprint density at radius 3 is 2.28 bits per heavy atom. The van der Waals surface area contributed by atoms with Gasteiger partial charge in [0.2, 0.25) is 0 Å². The third-order valence-corrected chi connectivity index (χ3v) is 4.72. The number of aryl methyl sites for hydroxylation is 2. The minimum absolute atomic E-state index is 0.152. The number of nitrogens with zero attached hydrogens (tertiary/aromatic N) is 1. The fourth-order valence-electron chi connectivity index (χ4n) is 2.95. The number of para-hydroxylation sites is 1. The van der Waals surface area contributed by atoms with E-state index in [0.717, 1.165) is 17.5 Å². The highest BCUT2D eigenvalue weighted by molar-refractivity contribution is 5.80. The predicted octanol–water partition coefficient (Wildman–Crippen LogP) is 3.40. The smallest absolute Gasteiger partial charge is 0.306 e. The fraction of sp³-hybridized carbons (Fsp3) is 0.391. The van der Waals surface area contributed by atoms with E-state index in [2.05, 4.69) is 19.1 Å². The molecule has 0 fully saturated rings. The van der Waals surface area contributed by atoms with E-state index in [9.17, 15) is 9.59 Å². The van der Waals surface area contributed by atoms with E-state index in [4.69, 9.17) is 14.2 Å². The topological polar surface area (TPSA) is 65.1 Å². The van der Waals surface area contributed by atoms with Gasteiger partial charge in [-0.25, -0.2) is 0 Å². The van der Waals surface area contributed by atoms with Crippen LogP contribution in [0.4, 0.5) is 0 Å². The molecule has 0 aliphatic carbocycles. The van der Waals surface area contributed by atoms with Crippen molar-refractivity contribution in [2.45, 2.75) is 32.7 Å². The average molecular weight is 399 g/mol. The largest absolute Gasteiger partial charge is 0.493 e. The number of rotatable bonds is 10. The van der Waals surface area contributed by atoms with Gasteiger partial charge in [-0.1, -0.05) is 43.3 Å². The van der Waals surface area contributed by atoms with Crippen molar-refractivity contribution >= 4 is 11.9 Å². The molecule has 0 spiro atoms. The first kappa shape index (κ1) is 22.3. The van der Waals surface area contributed by atoms with Gasteiger partial charge in [-0.15, -0.1) is 0 Å². The molecule has 2 rings (SSSR count). The number of benzene rings is 2. The molecule has 0 unspecified atom stereocenters. The van der Waals surface area contributed by atoms with Gasteiger partial charge in [0.25, 0.3) is 5.91 Å². The third kappa shape index (κ3) is 6.52. The summed E-state index contributed by atoms with van der Waals surface area (Å²) in [5.74, 6) is 0.552. The predicted molar refractivity (Wildman–Crippen MR) is 111 cm³/mol. The van der Waals surface area contributed by atoms with Crippen LogP contribution in [0.1, 0.15) is 30.0 Å². The van der Waals surface area contributed by atoms with Crippen molar-refractivity contribution in [1.29, 1.82) is 0 Å². The van der Waals surface area contributed by atoms with Gasteiger partial charge in [0, 0.05) is 20.0 Å². The van der Waals surface area contributed by atoms with Gasteiger partial charge in [-0.05, 0) is 35.6 Å². The van der Waals surface area contributed by atoms with Gasteiger partial charge in [0.1, 0.15) is 0 Å². The maximum Gasteiger partial charge on any atom is 0.306 e. The van der Waals surface area contributed by atoms with Crippen molar-refractivity contribution in [3.63, 3.8) is 0 Å². The van der Waals surface area contributed by atoms with E-state index < -0.39 is 5.97 Å². The number of hydrogen-bond donors (Lipinski definition) is 0. The van der Waals surface area contributed by atoms with E-state index >= 15 is 0 Å². The highest BCUT2D eigenvalue weighted by Gasteiger charge is 2.15. The lowest BCUT2D eigenvalue weighted by Gasteiger charge is -2.17. The van der Waals surface area contributed by atoms with E-state index in [1.165, 1.54) is 5.56 Å². The molecule has 0 saturated heterocycles. The molecule has 0 aromatic heterocycles. The van der Waals surface area contributed by atoms with Gasteiger partial charge in [-0.2, -0.15) is 0 Å². The van der Waals surface area contributed by atoms with Crippen LogP contribution in [0.15, 0.2) is 42.5 Å². The lowest BCUT2D eigenvalue weighted by atomic mass is 10.1. The van der Waals surface area contributed by atoms with E-state index in [1.807, 2.05) is 24.3 Å². The molecule has 0 heterocycles. The van der Waals surface area contributed by atoms with Gasteiger partial charge in [0.05, 0.1) is 14.2 Å². The lowest BCUT2D eigenvalue weighted by molar-refractivity contribution is -0.151. The number of hydrogen-bond acceptors (Lipinski definition) is 5. The van der Waals surface area contributed by atoms with Crippen molar-refractivity contribution < 1.29 is 23.8 Å². The molecule has 2 aromatic rings. The zero-order valence-corrected chi connectivity index (χ0v) is 17.6. The van der Waals surface area contributed by atoms with Crippen molar-refractivity contribution in [3.05, 3.63) is 59.2 Å². The highest BCUT2D eigenvalue weighted by Crippen LogP contribution is 2.31. The number of amides is 1. The number of methoxy groups -OCH3 is 2. The first-order chi connectivity index (χ1) is 14.0. The summed E-state index contributed by atoms with van der Waals surface area (Å²) in [5, 5.41) is 0. The summed E-state index contributed by atoms with van der Waals surface area (Å²) in [6.45, 7) is 2.31.